The van der Waals surface area contributed by atoms with Crippen LogP contribution in [0.3, 0.4) is 0 Å². The van der Waals surface area contributed by atoms with Gasteiger partial charge in [0.25, 0.3) is 5.91 Å². The summed E-state index contributed by atoms with van der Waals surface area (Å²) < 4.78 is 5.79. The van der Waals surface area contributed by atoms with Crippen LogP contribution in [0.15, 0.2) is 60.7 Å². The van der Waals surface area contributed by atoms with E-state index in [1.54, 1.807) is 24.8 Å². The number of fused-ring (bicyclic) bond motifs is 1. The van der Waals surface area contributed by atoms with Gasteiger partial charge in [-0.2, -0.15) is 11.8 Å². The summed E-state index contributed by atoms with van der Waals surface area (Å²) in [5.41, 5.74) is 1.04. The Labute approximate surface area is 179 Å². The lowest BCUT2D eigenvalue weighted by atomic mass is 10.1. The van der Waals surface area contributed by atoms with E-state index in [9.17, 15) is 4.79 Å². The molecule has 1 atom stereocenters. The van der Waals surface area contributed by atoms with Gasteiger partial charge in [-0.15, -0.1) is 0 Å². The molecule has 1 N–H and O–H groups in total. The normalized spacial score (nSPS) is 12.0. The molecule has 3 aromatic carbocycles. The van der Waals surface area contributed by atoms with Gasteiger partial charge >= 0.3 is 0 Å². The molecule has 0 bridgehead atoms. The zero-order valence-electron chi connectivity index (χ0n) is 15.5. The molecule has 1 amide bonds. The number of hydrogen-bond donors (Lipinski definition) is 1. The first-order valence-electron chi connectivity index (χ1n) is 8.98. The maximum absolute atomic E-state index is 12.3. The molecule has 0 aliphatic carbocycles. The lowest BCUT2D eigenvalue weighted by Crippen LogP contribution is -2.37. The largest absolute Gasteiger partial charge is 0.481 e. The highest BCUT2D eigenvalue weighted by Crippen LogP contribution is 2.24. The first-order chi connectivity index (χ1) is 13.5. The minimum Gasteiger partial charge on any atom is -0.481 e. The van der Waals surface area contributed by atoms with Crippen molar-refractivity contribution >= 4 is 51.6 Å². The van der Waals surface area contributed by atoms with Crippen molar-refractivity contribution < 1.29 is 9.53 Å². The van der Waals surface area contributed by atoms with Crippen LogP contribution in [-0.2, 0) is 10.5 Å². The Hall–Kier alpha value is -1.88. The molecule has 0 aliphatic rings. The molecule has 0 fully saturated rings. The highest BCUT2D eigenvalue weighted by molar-refractivity contribution is 7.98. The lowest BCUT2D eigenvalue weighted by Gasteiger charge is -2.15. The summed E-state index contributed by atoms with van der Waals surface area (Å²) in [6.07, 6.45) is -0.558. The van der Waals surface area contributed by atoms with Gasteiger partial charge in [0.2, 0.25) is 0 Å². The van der Waals surface area contributed by atoms with Crippen molar-refractivity contribution in [1.82, 2.24) is 5.32 Å². The molecule has 146 valence electrons. The second-order valence-corrected chi connectivity index (χ2v) is 8.30. The molecule has 3 aromatic rings. The quantitative estimate of drug-likeness (QED) is 0.445. The third-order valence-corrected chi connectivity index (χ3v) is 5.82. The monoisotopic (exact) mass is 433 g/mol. The van der Waals surface area contributed by atoms with E-state index in [0.717, 1.165) is 27.8 Å². The molecule has 0 heterocycles. The van der Waals surface area contributed by atoms with E-state index in [1.165, 1.54) is 0 Å². The van der Waals surface area contributed by atoms with Gasteiger partial charge in [-0.3, -0.25) is 4.79 Å². The van der Waals surface area contributed by atoms with Crippen LogP contribution in [0.1, 0.15) is 12.5 Å². The molecule has 0 saturated carbocycles. The Morgan fingerprint density at radius 3 is 2.64 bits per heavy atom. The van der Waals surface area contributed by atoms with Gasteiger partial charge < -0.3 is 10.1 Å². The molecule has 0 aliphatic heterocycles. The van der Waals surface area contributed by atoms with Gasteiger partial charge in [-0.1, -0.05) is 59.6 Å². The van der Waals surface area contributed by atoms with Gasteiger partial charge in [0.15, 0.2) is 6.10 Å². The van der Waals surface area contributed by atoms with Crippen LogP contribution < -0.4 is 10.1 Å². The van der Waals surface area contributed by atoms with E-state index < -0.39 is 6.10 Å². The number of carbonyl (C=O) groups excluding carboxylic acids is 1. The summed E-state index contributed by atoms with van der Waals surface area (Å²) in [6.45, 7) is 2.32. The van der Waals surface area contributed by atoms with Crippen molar-refractivity contribution in [2.24, 2.45) is 0 Å². The van der Waals surface area contributed by atoms with Gasteiger partial charge in [0, 0.05) is 28.1 Å². The van der Waals surface area contributed by atoms with Crippen molar-refractivity contribution in [2.45, 2.75) is 18.8 Å². The number of benzene rings is 3. The number of amides is 1. The molecule has 0 unspecified atom stereocenters. The maximum Gasteiger partial charge on any atom is 0.260 e. The summed E-state index contributed by atoms with van der Waals surface area (Å²) in [4.78, 5) is 12.3. The number of hydrogen-bond acceptors (Lipinski definition) is 3. The molecule has 0 aromatic heterocycles. The summed E-state index contributed by atoms with van der Waals surface area (Å²) in [5.74, 6) is 2.12. The topological polar surface area (TPSA) is 38.3 Å². The fourth-order valence-electron chi connectivity index (χ4n) is 2.71. The molecule has 3 nitrogen and oxygen atoms in total. The van der Waals surface area contributed by atoms with Crippen molar-refractivity contribution in [1.29, 1.82) is 0 Å². The van der Waals surface area contributed by atoms with E-state index in [1.807, 2.05) is 54.6 Å². The summed E-state index contributed by atoms with van der Waals surface area (Å²) in [6, 6.07) is 19.4. The Balaban J connectivity index is 1.41. The third kappa shape index (κ3) is 5.81. The van der Waals surface area contributed by atoms with Crippen molar-refractivity contribution in [2.75, 3.05) is 12.3 Å². The zero-order valence-corrected chi connectivity index (χ0v) is 17.8. The molecule has 28 heavy (non-hydrogen) atoms. The van der Waals surface area contributed by atoms with Gasteiger partial charge in [0.05, 0.1) is 0 Å². The van der Waals surface area contributed by atoms with E-state index in [4.69, 9.17) is 27.9 Å². The predicted octanol–water partition coefficient (Wildman–Crippen LogP) is 5.96. The average Bonchev–Trinajstić information content (AvgIpc) is 2.69. The van der Waals surface area contributed by atoms with Crippen molar-refractivity contribution in [3.8, 4) is 5.75 Å². The Morgan fingerprint density at radius 2 is 1.86 bits per heavy atom. The number of thioether (sulfide) groups is 1. The number of ether oxygens (including phenoxy) is 1. The second kappa shape index (κ2) is 10.1. The highest BCUT2D eigenvalue weighted by atomic mass is 35.5. The molecule has 0 spiro atoms. The highest BCUT2D eigenvalue weighted by Gasteiger charge is 2.14. The maximum atomic E-state index is 12.3. The third-order valence-electron chi connectivity index (χ3n) is 4.22. The van der Waals surface area contributed by atoms with Crippen LogP contribution in [0.5, 0.6) is 5.75 Å². The van der Waals surface area contributed by atoms with E-state index >= 15 is 0 Å². The van der Waals surface area contributed by atoms with Gasteiger partial charge in [-0.25, -0.2) is 0 Å². The molecule has 0 radical (unpaired) electrons. The molecular formula is C22H21Cl2NO2S. The van der Waals surface area contributed by atoms with Crippen LogP contribution in [0.2, 0.25) is 10.0 Å². The minimum atomic E-state index is -0.558. The first kappa shape index (κ1) is 20.8. The first-order valence-corrected chi connectivity index (χ1v) is 10.9. The summed E-state index contributed by atoms with van der Waals surface area (Å²) in [7, 11) is 0. The smallest absolute Gasteiger partial charge is 0.260 e. The lowest BCUT2D eigenvalue weighted by molar-refractivity contribution is -0.127. The molecule has 6 heteroatoms. The van der Waals surface area contributed by atoms with Crippen molar-refractivity contribution in [3.63, 3.8) is 0 Å². The van der Waals surface area contributed by atoms with E-state index in [-0.39, 0.29) is 5.91 Å². The number of carbonyl (C=O) groups is 1. The SMILES string of the molecule is C[C@H](Oc1ccc2ccccc2c1)C(=O)NCCSCc1ccc(Cl)cc1Cl. The molecule has 0 saturated heterocycles. The van der Waals surface area contributed by atoms with Gasteiger partial charge in [-0.05, 0) is 47.5 Å². The standard InChI is InChI=1S/C22H21Cl2NO2S/c1-15(27-20-9-7-16-4-2-3-5-17(16)12-20)22(26)25-10-11-28-14-18-6-8-19(23)13-21(18)24/h2-9,12-13,15H,10-11,14H2,1H3,(H,25,26)/t15-/m0/s1. The summed E-state index contributed by atoms with van der Waals surface area (Å²) >= 11 is 13.8. The summed E-state index contributed by atoms with van der Waals surface area (Å²) in [5, 5.41) is 6.44. The Bertz CT molecular complexity index is 964. The molecular weight excluding hydrogens is 413 g/mol. The van der Waals surface area contributed by atoms with Crippen LogP contribution in [-0.4, -0.2) is 24.3 Å². The van der Waals surface area contributed by atoms with Crippen molar-refractivity contribution in [3.05, 3.63) is 76.3 Å². The fraction of sp³-hybridized carbons (Fsp3) is 0.227. The predicted molar refractivity (Wildman–Crippen MR) is 120 cm³/mol. The Kier molecular flexibility index (Phi) is 7.49. The van der Waals surface area contributed by atoms with Crippen LogP contribution in [0, 0.1) is 0 Å². The van der Waals surface area contributed by atoms with E-state index in [0.29, 0.717) is 22.3 Å². The fourth-order valence-corrected chi connectivity index (χ4v) is 4.13. The van der Waals surface area contributed by atoms with Crippen LogP contribution in [0.25, 0.3) is 10.8 Å². The number of nitrogens with one attached hydrogen (secondary N) is 1. The van der Waals surface area contributed by atoms with Crippen LogP contribution >= 0.6 is 35.0 Å². The average molecular weight is 434 g/mol. The van der Waals surface area contributed by atoms with Crippen LogP contribution in [0.4, 0.5) is 0 Å². The van der Waals surface area contributed by atoms with Gasteiger partial charge in [0.1, 0.15) is 5.75 Å². The number of rotatable bonds is 8. The number of halogens is 2. The minimum absolute atomic E-state index is 0.127. The molecule has 3 rings (SSSR count). The zero-order chi connectivity index (χ0) is 19.9. The second-order valence-electron chi connectivity index (χ2n) is 6.35. The van der Waals surface area contributed by atoms with E-state index in [2.05, 4.69) is 5.32 Å². The Morgan fingerprint density at radius 1 is 1.07 bits per heavy atom.